The fourth-order valence-electron chi connectivity index (χ4n) is 1.50. The van der Waals surface area contributed by atoms with Crippen LogP contribution < -0.4 is 4.74 Å². The molecule has 0 aliphatic carbocycles. The predicted octanol–water partition coefficient (Wildman–Crippen LogP) is 4.77. The van der Waals surface area contributed by atoms with Crippen LogP contribution in [0.5, 0.6) is 5.75 Å². The zero-order valence-electron chi connectivity index (χ0n) is 12.5. The normalized spacial score (nSPS) is 12.0. The van der Waals surface area contributed by atoms with Gasteiger partial charge in [-0.3, -0.25) is 0 Å². The first kappa shape index (κ1) is 19.4. The Hall–Kier alpha value is -0.680. The largest absolute Gasteiger partial charge is 0.477 e. The Kier molecular flexibility index (Phi) is 8.95. The third-order valence-electron chi connectivity index (χ3n) is 2.72. The molecule has 0 radical (unpaired) electrons. The summed E-state index contributed by atoms with van der Waals surface area (Å²) >= 11 is 17.7. The lowest BCUT2D eigenvalue weighted by Crippen LogP contribution is -2.27. The second-order valence-electron chi connectivity index (χ2n) is 4.59. The number of rotatable bonds is 9. The van der Waals surface area contributed by atoms with E-state index >= 15 is 0 Å². The van der Waals surface area contributed by atoms with Crippen molar-refractivity contribution >= 4 is 40.8 Å². The first-order chi connectivity index (χ1) is 10.5. The fourth-order valence-corrected chi connectivity index (χ4v) is 2.08. The molecule has 0 aliphatic rings. The van der Waals surface area contributed by atoms with Gasteiger partial charge >= 0.3 is 5.97 Å². The van der Waals surface area contributed by atoms with E-state index in [4.69, 9.17) is 49.0 Å². The molecule has 0 fully saturated rings. The quantitative estimate of drug-likeness (QED) is 0.357. The van der Waals surface area contributed by atoms with Crippen LogP contribution >= 0.6 is 34.8 Å². The highest BCUT2D eigenvalue weighted by Crippen LogP contribution is 2.34. The van der Waals surface area contributed by atoms with E-state index < -0.39 is 12.1 Å². The Morgan fingerprint density at radius 2 is 1.77 bits per heavy atom. The molecule has 7 heteroatoms. The van der Waals surface area contributed by atoms with Crippen LogP contribution in [0, 0.1) is 0 Å². The maximum absolute atomic E-state index is 11.8. The molecule has 1 rings (SSSR count). The van der Waals surface area contributed by atoms with Gasteiger partial charge in [-0.2, -0.15) is 0 Å². The van der Waals surface area contributed by atoms with Gasteiger partial charge in [-0.05, 0) is 19.4 Å². The molecule has 4 nitrogen and oxygen atoms in total. The summed E-state index contributed by atoms with van der Waals surface area (Å²) in [5.41, 5.74) is 0. The molecule has 124 valence electrons. The monoisotopic (exact) mass is 368 g/mol. The molecule has 1 atom stereocenters. The number of carbonyl (C=O) groups is 1. The van der Waals surface area contributed by atoms with Crippen molar-refractivity contribution in [3.05, 3.63) is 27.2 Å². The van der Waals surface area contributed by atoms with Crippen LogP contribution in [0.4, 0.5) is 0 Å². The zero-order chi connectivity index (χ0) is 16.5. The molecule has 0 N–H and O–H groups in total. The van der Waals surface area contributed by atoms with Gasteiger partial charge in [0, 0.05) is 12.7 Å². The maximum Gasteiger partial charge on any atom is 0.347 e. The summed E-state index contributed by atoms with van der Waals surface area (Å²) in [6, 6.07) is 2.92. The van der Waals surface area contributed by atoms with Crippen LogP contribution in [0.2, 0.25) is 15.1 Å². The van der Waals surface area contributed by atoms with Gasteiger partial charge in [-0.25, -0.2) is 4.79 Å². The van der Waals surface area contributed by atoms with Gasteiger partial charge in [0.05, 0.1) is 21.7 Å². The standard InChI is InChI=1S/C15H19Cl3O4/c1-3-4-5-20-6-7-21-15(19)10(2)22-14-9-12(17)11(16)8-13(14)18/h8-10H,3-7H2,1-2H3. The third kappa shape index (κ3) is 6.61. The molecule has 0 aromatic heterocycles. The Bertz CT molecular complexity index is 494. The van der Waals surface area contributed by atoms with E-state index in [1.165, 1.54) is 12.1 Å². The highest BCUT2D eigenvalue weighted by molar-refractivity contribution is 6.43. The molecule has 1 aromatic rings. The SMILES string of the molecule is CCCCOCCOC(=O)C(C)Oc1cc(Cl)c(Cl)cc1Cl. The molecule has 0 amide bonds. The Morgan fingerprint density at radius 1 is 1.09 bits per heavy atom. The lowest BCUT2D eigenvalue weighted by Gasteiger charge is -2.15. The van der Waals surface area contributed by atoms with Crippen molar-refractivity contribution in [2.24, 2.45) is 0 Å². The number of hydrogen-bond acceptors (Lipinski definition) is 4. The van der Waals surface area contributed by atoms with Crippen LogP contribution in [-0.4, -0.2) is 31.9 Å². The second-order valence-corrected chi connectivity index (χ2v) is 5.81. The van der Waals surface area contributed by atoms with E-state index in [1.807, 2.05) is 0 Å². The Balaban J connectivity index is 2.39. The zero-order valence-corrected chi connectivity index (χ0v) is 14.8. The third-order valence-corrected chi connectivity index (χ3v) is 3.74. The molecule has 0 heterocycles. The van der Waals surface area contributed by atoms with Crippen molar-refractivity contribution in [1.29, 1.82) is 0 Å². The first-order valence-electron chi connectivity index (χ1n) is 7.01. The number of benzene rings is 1. The second kappa shape index (κ2) is 10.2. The van der Waals surface area contributed by atoms with E-state index in [0.717, 1.165) is 12.8 Å². The average Bonchev–Trinajstić information content (AvgIpc) is 2.48. The smallest absolute Gasteiger partial charge is 0.347 e. The summed E-state index contributed by atoms with van der Waals surface area (Å²) < 4.78 is 15.8. The van der Waals surface area contributed by atoms with Gasteiger partial charge in [0.25, 0.3) is 0 Å². The van der Waals surface area contributed by atoms with E-state index in [-0.39, 0.29) is 17.4 Å². The summed E-state index contributed by atoms with van der Waals surface area (Å²) in [7, 11) is 0. The van der Waals surface area contributed by atoms with Crippen molar-refractivity contribution in [2.75, 3.05) is 19.8 Å². The van der Waals surface area contributed by atoms with Gasteiger partial charge in [0.2, 0.25) is 0 Å². The number of esters is 1. The van der Waals surface area contributed by atoms with Crippen molar-refractivity contribution in [3.8, 4) is 5.75 Å². The van der Waals surface area contributed by atoms with E-state index in [9.17, 15) is 4.79 Å². The van der Waals surface area contributed by atoms with Crippen LogP contribution in [-0.2, 0) is 14.3 Å². The lowest BCUT2D eigenvalue weighted by molar-refractivity contribution is -0.152. The van der Waals surface area contributed by atoms with Crippen molar-refractivity contribution < 1.29 is 19.0 Å². The summed E-state index contributed by atoms with van der Waals surface area (Å²) in [4.78, 5) is 11.8. The molecule has 1 unspecified atom stereocenters. The number of hydrogen-bond donors (Lipinski definition) is 0. The molecular weight excluding hydrogens is 351 g/mol. The summed E-state index contributed by atoms with van der Waals surface area (Å²) in [6.45, 7) is 4.87. The highest BCUT2D eigenvalue weighted by atomic mass is 35.5. The minimum Gasteiger partial charge on any atom is -0.477 e. The minimum atomic E-state index is -0.814. The Morgan fingerprint density at radius 3 is 2.45 bits per heavy atom. The number of unbranched alkanes of at least 4 members (excludes halogenated alkanes) is 1. The van der Waals surface area contributed by atoms with Crippen LogP contribution in [0.25, 0.3) is 0 Å². The molecule has 0 spiro atoms. The van der Waals surface area contributed by atoms with Gasteiger partial charge < -0.3 is 14.2 Å². The predicted molar refractivity (Wildman–Crippen MR) is 88.2 cm³/mol. The van der Waals surface area contributed by atoms with E-state index in [1.54, 1.807) is 6.92 Å². The fraction of sp³-hybridized carbons (Fsp3) is 0.533. The average molecular weight is 370 g/mol. The first-order valence-corrected chi connectivity index (χ1v) is 8.14. The van der Waals surface area contributed by atoms with Crippen LogP contribution in [0.3, 0.4) is 0 Å². The number of carbonyl (C=O) groups excluding carboxylic acids is 1. The van der Waals surface area contributed by atoms with Crippen molar-refractivity contribution in [1.82, 2.24) is 0 Å². The summed E-state index contributed by atoms with van der Waals surface area (Å²) in [5, 5.41) is 0.890. The molecule has 0 bridgehead atoms. The van der Waals surface area contributed by atoms with Crippen LogP contribution in [0.15, 0.2) is 12.1 Å². The summed E-state index contributed by atoms with van der Waals surface area (Å²) in [6.07, 6.45) is 1.24. The van der Waals surface area contributed by atoms with Crippen LogP contribution in [0.1, 0.15) is 26.7 Å². The van der Waals surface area contributed by atoms with Gasteiger partial charge in [-0.1, -0.05) is 48.1 Å². The highest BCUT2D eigenvalue weighted by Gasteiger charge is 2.18. The van der Waals surface area contributed by atoms with Crippen molar-refractivity contribution in [2.45, 2.75) is 32.8 Å². The Labute approximate surface area is 145 Å². The summed E-state index contributed by atoms with van der Waals surface area (Å²) in [5.74, 6) is -0.221. The van der Waals surface area contributed by atoms with Gasteiger partial charge in [0.15, 0.2) is 6.10 Å². The number of ether oxygens (including phenoxy) is 3. The molecule has 0 saturated carbocycles. The van der Waals surface area contributed by atoms with E-state index in [2.05, 4.69) is 6.92 Å². The maximum atomic E-state index is 11.8. The van der Waals surface area contributed by atoms with Gasteiger partial charge in [-0.15, -0.1) is 0 Å². The topological polar surface area (TPSA) is 44.8 Å². The molecule has 0 aliphatic heterocycles. The molecule has 0 saturated heterocycles. The minimum absolute atomic E-state index is 0.186. The number of halogens is 3. The van der Waals surface area contributed by atoms with Crippen molar-refractivity contribution in [3.63, 3.8) is 0 Å². The lowest BCUT2D eigenvalue weighted by atomic mass is 10.3. The molecular formula is C15H19Cl3O4. The molecule has 22 heavy (non-hydrogen) atoms. The molecule has 1 aromatic carbocycles. The van der Waals surface area contributed by atoms with E-state index in [0.29, 0.717) is 23.3 Å². The van der Waals surface area contributed by atoms with Gasteiger partial charge in [0.1, 0.15) is 12.4 Å².